The van der Waals surface area contributed by atoms with Crippen LogP contribution in [0.3, 0.4) is 0 Å². The summed E-state index contributed by atoms with van der Waals surface area (Å²) < 4.78 is 8.09. The maximum absolute atomic E-state index is 13.4. The van der Waals surface area contributed by atoms with Crippen LogP contribution in [0.5, 0.6) is 0 Å². The molecular weight excluding hydrogens is 1880 g/mol. The largest absolute Gasteiger partial charge is 0.395 e. The lowest BCUT2D eigenvalue weighted by molar-refractivity contribution is -0.684. The van der Waals surface area contributed by atoms with E-state index in [0.29, 0.717) is 149 Å². The number of aliphatic hydroxyl groups excluding tert-OH is 4. The molecule has 6 heterocycles. The number of hydrogen-bond acceptors (Lipinski definition) is 24. The van der Waals surface area contributed by atoms with Crippen molar-refractivity contribution in [1.82, 2.24) is 19.6 Å². The zero-order valence-electron chi connectivity index (χ0n) is 84.5. The molecule has 0 saturated carbocycles. The summed E-state index contributed by atoms with van der Waals surface area (Å²) >= 11 is 0. The molecule has 0 spiro atoms. The molecule has 4 amide bonds. The van der Waals surface area contributed by atoms with E-state index in [1.807, 2.05) is 271 Å². The number of carbonyl (C=O) groups excluding carboxylic acids is 4. The van der Waals surface area contributed by atoms with Crippen molar-refractivity contribution in [2.45, 2.75) is 92.4 Å². The first-order valence-corrected chi connectivity index (χ1v) is 50.6. The van der Waals surface area contributed by atoms with Crippen molar-refractivity contribution in [3.8, 4) is 0 Å². The van der Waals surface area contributed by atoms with Crippen LogP contribution in [-0.4, -0.2) is 197 Å². The van der Waals surface area contributed by atoms with Gasteiger partial charge in [0.25, 0.3) is 23.6 Å². The summed E-state index contributed by atoms with van der Waals surface area (Å²) in [6, 6.07) is 101. The Bertz CT molecular complexity index is 6290. The van der Waals surface area contributed by atoms with E-state index in [1.165, 1.54) is 37.1 Å². The Kier molecular flexibility index (Phi) is 42.3. The van der Waals surface area contributed by atoms with E-state index in [1.54, 1.807) is 96.3 Å². The van der Waals surface area contributed by atoms with E-state index >= 15 is 0 Å². The van der Waals surface area contributed by atoms with Crippen LogP contribution in [0.25, 0.3) is 0 Å². The molecule has 0 bridgehead atoms. The third kappa shape index (κ3) is 32.7. The molecule has 32 heteroatoms. The van der Waals surface area contributed by atoms with Gasteiger partial charge >= 0.3 is 23.3 Å². The number of aromatic nitrogens is 4. The molecule has 150 heavy (non-hydrogen) atoms. The lowest BCUT2D eigenvalue weighted by Gasteiger charge is -2.23. The van der Waals surface area contributed by atoms with Gasteiger partial charge in [-0.3, -0.25) is 19.2 Å². The quantitative estimate of drug-likeness (QED) is 0.0130. The average Bonchev–Trinajstić information content (AvgIpc) is 0.963. The van der Waals surface area contributed by atoms with Crippen molar-refractivity contribution in [2.75, 3.05) is 174 Å². The van der Waals surface area contributed by atoms with Gasteiger partial charge in [0, 0.05) is 247 Å². The fraction of sp³-hybridized carbons (Fsp3) is 0.288. The van der Waals surface area contributed by atoms with Gasteiger partial charge < -0.3 is 80.9 Å². The summed E-state index contributed by atoms with van der Waals surface area (Å²) in [4.78, 5) is 69.2. The van der Waals surface area contributed by atoms with Gasteiger partial charge in [-0.1, -0.05) is 39.1 Å². The van der Waals surface area contributed by atoms with Gasteiger partial charge in [0.1, 0.15) is 22.7 Å². The zero-order valence-corrected chi connectivity index (χ0v) is 84.5. The average molecular weight is 2020 g/mol. The molecule has 2 aliphatic heterocycles. The molecule has 0 radical (unpaired) electrons. The maximum atomic E-state index is 13.4. The molecule has 2 saturated heterocycles. The van der Waals surface area contributed by atoms with Crippen LogP contribution in [-0.2, 0) is 26.2 Å². The van der Waals surface area contributed by atoms with Crippen LogP contribution in [0, 0.1) is 0 Å². The van der Waals surface area contributed by atoms with Crippen molar-refractivity contribution in [2.24, 2.45) is 40.9 Å². The molecule has 32 nitrogen and oxygen atoms in total. The highest BCUT2D eigenvalue weighted by Gasteiger charge is 2.24. The number of hydrogen-bond donors (Lipinski definition) is 8. The highest BCUT2D eigenvalue weighted by atomic mass is 16.3. The number of azo groups is 4. The maximum Gasteiger partial charge on any atom is 0.350 e. The van der Waals surface area contributed by atoms with Crippen molar-refractivity contribution in [3.63, 3.8) is 0 Å². The van der Waals surface area contributed by atoms with Crippen LogP contribution < -0.4 is 59.1 Å². The number of carbonyl (C=O) groups is 4. The second-order valence-electron chi connectivity index (χ2n) is 36.4. The SMILES string of the molecule is C.C.CN(CCC[n+]1ccccc1N=Nc1ccc(Nc2ccc(N(CCO)CCO)cc2)cc1)C(=O)c1ccc(C(=O)N(C)CCC[n+]2ccccc2N=Nc2ccc(Nc3ccc(N(CCO)CCO)cc3)cc2)cc1.CN(CCC[n+]1ccccc1N=Nc1ccc(Nc2ccc(N3CCCC3)cc2)cc1)C(=O)c1ccc(C(=O)N(C)CCC[n+]2ccccc2N=Nc2ccc(Nc3ccc(N4CCCC4)cc3)cc2)cc1. The number of pyridine rings is 4. The van der Waals surface area contributed by atoms with Crippen molar-refractivity contribution in [3.05, 3.63) is 362 Å². The summed E-state index contributed by atoms with van der Waals surface area (Å²) in [5, 5.41) is 87.3. The second-order valence-corrected chi connectivity index (χ2v) is 36.4. The van der Waals surface area contributed by atoms with Gasteiger partial charge in [0.2, 0.25) is 0 Å². The Morgan fingerprint density at radius 3 is 0.667 bits per heavy atom. The summed E-state index contributed by atoms with van der Waals surface area (Å²) in [5.74, 6) is 2.35. The van der Waals surface area contributed by atoms with Gasteiger partial charge in [-0.25, -0.2) is 18.3 Å². The summed E-state index contributed by atoms with van der Waals surface area (Å²) in [6.45, 7) is 11.0. The van der Waals surface area contributed by atoms with E-state index < -0.39 is 0 Å². The van der Waals surface area contributed by atoms with E-state index in [4.69, 9.17) is 0 Å². The van der Waals surface area contributed by atoms with E-state index in [2.05, 4.69) is 121 Å². The van der Waals surface area contributed by atoms with E-state index in [0.717, 1.165) is 106 Å². The number of amides is 4. The molecule has 10 aromatic carbocycles. The van der Waals surface area contributed by atoms with Crippen LogP contribution in [0.15, 0.2) is 381 Å². The molecule has 0 atom stereocenters. The standard InChI is InChI=1S/C58H66N12O6.C58H62N12O2.2CH4/c1-65(31-7-35-69-33-5-3-9-55(69)63-61-51-19-15-47(16-20-51)59-49-23-27-53(28-24-49)67(37-41-71)38-42-72)57(75)45-11-13-46(14-12-45)58(76)66(2)32-8-36-70-34-6-4-10-56(70)64-62-52-21-17-48(18-22-52)60-50-25-29-54(30-26-50)68(39-43-73)40-44-74;1-65(35-11-43-69-41-5-3-13-55(69)63-61-51-23-19-47(20-24-51)59-49-27-31-53(32-28-49)67-37-7-8-38-67)57(71)45-15-17-46(18-16-45)58(72)66(2)36-12-44-70-42-6-4-14-56(70)64-62-52-25-21-48(22-26-52)60-50-29-33-54(34-30-50)68-39-9-10-40-68;;/h3-6,9-30,33-34,71-74H,7-8,31-32,35-44H2,1-2H3;3-6,13-34,41-42H,7-12,35-40,43-44H2,1-2H3;2*1H4/p+4. The third-order valence-corrected chi connectivity index (χ3v) is 25.7. The lowest BCUT2D eigenvalue weighted by Crippen LogP contribution is -2.36. The number of rotatable bonds is 48. The van der Waals surface area contributed by atoms with Crippen LogP contribution in [0.4, 0.5) is 114 Å². The smallest absolute Gasteiger partial charge is 0.350 e. The molecule has 2 aliphatic rings. The minimum Gasteiger partial charge on any atom is -0.395 e. The normalized spacial score (nSPS) is 12.2. The molecule has 0 unspecified atom stereocenters. The summed E-state index contributed by atoms with van der Waals surface area (Å²) in [7, 11) is 7.16. The molecular formula is C118H140N24O8+4. The number of nitrogens with one attached hydrogen (secondary N) is 4. The zero-order chi connectivity index (χ0) is 103. The number of nitrogens with zero attached hydrogens (tertiary/aromatic N) is 20. The summed E-state index contributed by atoms with van der Waals surface area (Å²) in [5.41, 5.74) is 17.0. The fourth-order valence-corrected chi connectivity index (χ4v) is 17.4. The van der Waals surface area contributed by atoms with Gasteiger partial charge in [0.05, 0.1) is 97.9 Å². The number of benzene rings is 10. The first-order chi connectivity index (χ1) is 72.4. The van der Waals surface area contributed by atoms with Crippen molar-refractivity contribution < 1.29 is 57.9 Å². The molecule has 8 N–H and O–H groups in total. The van der Waals surface area contributed by atoms with Gasteiger partial charge in [-0.15, -0.1) is 0 Å². The Morgan fingerprint density at radius 1 is 0.260 bits per heavy atom. The third-order valence-electron chi connectivity index (χ3n) is 25.7. The predicted octanol–water partition coefficient (Wildman–Crippen LogP) is 21.9. The number of aryl methyl sites for hydroxylation is 4. The monoisotopic (exact) mass is 2020 g/mol. The molecule has 16 rings (SSSR count). The second kappa shape index (κ2) is 57.4. The highest BCUT2D eigenvalue weighted by molar-refractivity contribution is 5.99. The Balaban J connectivity index is 0.000000247. The van der Waals surface area contributed by atoms with Crippen molar-refractivity contribution >= 4 is 138 Å². The molecule has 14 aromatic rings. The topological polar surface area (TPSA) is 338 Å². The van der Waals surface area contributed by atoms with Gasteiger partial charge in [-0.05, 0) is 313 Å². The number of aliphatic hydroxyl groups is 4. The Labute approximate surface area is 880 Å². The first-order valence-electron chi connectivity index (χ1n) is 50.6. The molecule has 0 aliphatic carbocycles. The van der Waals surface area contributed by atoms with Crippen LogP contribution in [0.1, 0.15) is 108 Å². The molecule has 4 aromatic heterocycles. The highest BCUT2D eigenvalue weighted by Crippen LogP contribution is 2.33. The Hall–Kier alpha value is -16.7. The van der Waals surface area contributed by atoms with E-state index in [-0.39, 0.29) is 64.9 Å². The molecule has 776 valence electrons. The summed E-state index contributed by atoms with van der Waals surface area (Å²) in [6.07, 6.45) is 15.7. The minimum atomic E-state index is -0.133. The van der Waals surface area contributed by atoms with Crippen LogP contribution >= 0.6 is 0 Å². The lowest BCUT2D eigenvalue weighted by atomic mass is 10.1. The van der Waals surface area contributed by atoms with Gasteiger partial charge in [-0.2, -0.15) is 0 Å². The number of anilines is 12. The predicted molar refractivity (Wildman–Crippen MR) is 596 cm³/mol. The fourth-order valence-electron chi connectivity index (χ4n) is 17.4. The Morgan fingerprint density at radius 2 is 0.460 bits per heavy atom. The van der Waals surface area contributed by atoms with Crippen LogP contribution in [0.2, 0.25) is 0 Å². The van der Waals surface area contributed by atoms with E-state index in [9.17, 15) is 39.6 Å². The molecule has 2 fully saturated rings. The van der Waals surface area contributed by atoms with Gasteiger partial charge in [0.15, 0.2) is 0 Å². The minimum absolute atomic E-state index is 0. The van der Waals surface area contributed by atoms with Crippen molar-refractivity contribution in [1.29, 1.82) is 0 Å². The first kappa shape index (κ1) is 111.